The number of rotatable bonds is 2. The molecule has 0 saturated carbocycles. The fourth-order valence-corrected chi connectivity index (χ4v) is 5.01. The van der Waals surface area contributed by atoms with E-state index < -0.39 is 0 Å². The van der Waals surface area contributed by atoms with Gasteiger partial charge in [-0.05, 0) is 71.7 Å². The van der Waals surface area contributed by atoms with Gasteiger partial charge < -0.3 is 0 Å². The predicted molar refractivity (Wildman–Crippen MR) is 121 cm³/mol. The van der Waals surface area contributed by atoms with Crippen LogP contribution in [0.3, 0.4) is 0 Å². The number of nitrogens with zero attached hydrogens (tertiary/aromatic N) is 1. The van der Waals surface area contributed by atoms with Gasteiger partial charge in [0.1, 0.15) is 7.05 Å². The highest BCUT2D eigenvalue weighted by Crippen LogP contribution is 2.44. The molecule has 1 aliphatic carbocycles. The van der Waals surface area contributed by atoms with Crippen LogP contribution in [0.5, 0.6) is 0 Å². The lowest BCUT2D eigenvalue weighted by atomic mass is 9.89. The minimum Gasteiger partial charge on any atom is -0.200 e. The van der Waals surface area contributed by atoms with Gasteiger partial charge in [0.15, 0.2) is 6.20 Å². The molecule has 0 atom stereocenters. The topological polar surface area (TPSA) is 3.88 Å². The normalized spacial score (nSPS) is 12.0. The summed E-state index contributed by atoms with van der Waals surface area (Å²) in [5, 5.41) is 0. The standard InChI is InChI=1S/C28H26N/c1-18-15-26(29(4)17-25(18)21-10-6-5-7-11-21)28-20(3)14-19(2)27-23-13-9-8-12-22(23)16-24(27)28/h5-15,17H,16H2,1-4H3/q+1. The Morgan fingerprint density at radius 1 is 0.690 bits per heavy atom. The molecule has 1 nitrogen and oxygen atoms in total. The summed E-state index contributed by atoms with van der Waals surface area (Å²) in [7, 11) is 2.18. The van der Waals surface area contributed by atoms with Crippen molar-refractivity contribution in [1.29, 1.82) is 0 Å². The van der Waals surface area contributed by atoms with Gasteiger partial charge in [0, 0.05) is 11.6 Å². The molecule has 1 aromatic heterocycles. The molecular formula is C28H26N+. The zero-order chi connectivity index (χ0) is 20.1. The molecule has 29 heavy (non-hydrogen) atoms. The van der Waals surface area contributed by atoms with Crippen molar-refractivity contribution >= 4 is 0 Å². The maximum absolute atomic E-state index is 2.36. The van der Waals surface area contributed by atoms with E-state index >= 15 is 0 Å². The molecular weight excluding hydrogens is 350 g/mol. The summed E-state index contributed by atoms with van der Waals surface area (Å²) in [5.74, 6) is 0. The second-order valence-electron chi connectivity index (χ2n) is 8.31. The second kappa shape index (κ2) is 6.70. The van der Waals surface area contributed by atoms with E-state index in [-0.39, 0.29) is 0 Å². The van der Waals surface area contributed by atoms with Crippen molar-refractivity contribution < 1.29 is 4.57 Å². The van der Waals surface area contributed by atoms with Crippen LogP contribution < -0.4 is 4.57 Å². The maximum Gasteiger partial charge on any atom is 0.213 e. The summed E-state index contributed by atoms with van der Waals surface area (Å²) in [6.45, 7) is 6.73. The molecule has 0 spiro atoms. The van der Waals surface area contributed by atoms with Crippen molar-refractivity contribution in [2.75, 3.05) is 0 Å². The Morgan fingerprint density at radius 2 is 1.38 bits per heavy atom. The molecule has 0 unspecified atom stereocenters. The Labute approximate surface area is 173 Å². The Morgan fingerprint density at radius 3 is 2.17 bits per heavy atom. The van der Waals surface area contributed by atoms with Crippen LogP contribution in [-0.4, -0.2) is 0 Å². The summed E-state index contributed by atoms with van der Waals surface area (Å²) < 4.78 is 2.30. The number of benzene rings is 3. The molecule has 0 fully saturated rings. The molecule has 1 heteroatoms. The van der Waals surface area contributed by atoms with E-state index in [0.717, 1.165) is 6.42 Å². The summed E-state index contributed by atoms with van der Waals surface area (Å²) in [6, 6.07) is 24.3. The molecule has 0 saturated heterocycles. The lowest BCUT2D eigenvalue weighted by Crippen LogP contribution is -2.32. The van der Waals surface area contributed by atoms with Crippen LogP contribution in [0.2, 0.25) is 0 Å². The molecule has 5 rings (SSSR count). The molecule has 0 radical (unpaired) electrons. The van der Waals surface area contributed by atoms with E-state index in [0.29, 0.717) is 0 Å². The number of pyridine rings is 1. The third kappa shape index (κ3) is 2.81. The fraction of sp³-hybridized carbons (Fsp3) is 0.179. The Balaban J connectivity index is 1.73. The number of aromatic nitrogens is 1. The monoisotopic (exact) mass is 376 g/mol. The van der Waals surface area contributed by atoms with Crippen LogP contribution in [0.15, 0.2) is 72.9 Å². The van der Waals surface area contributed by atoms with Crippen LogP contribution in [0.25, 0.3) is 33.5 Å². The second-order valence-corrected chi connectivity index (χ2v) is 8.31. The average molecular weight is 377 g/mol. The summed E-state index contributed by atoms with van der Waals surface area (Å²) in [6.07, 6.45) is 3.30. The van der Waals surface area contributed by atoms with E-state index in [1.165, 1.54) is 61.3 Å². The summed E-state index contributed by atoms with van der Waals surface area (Å²) in [5.41, 5.74) is 15.1. The lowest BCUT2D eigenvalue weighted by Gasteiger charge is -2.15. The highest BCUT2D eigenvalue weighted by molar-refractivity contribution is 5.87. The Kier molecular flexibility index (Phi) is 4.13. The van der Waals surface area contributed by atoms with Gasteiger partial charge in [-0.25, -0.2) is 4.57 Å². The van der Waals surface area contributed by atoms with Gasteiger partial charge in [-0.2, -0.15) is 0 Å². The van der Waals surface area contributed by atoms with Crippen molar-refractivity contribution in [2.24, 2.45) is 7.05 Å². The van der Waals surface area contributed by atoms with Gasteiger partial charge in [0.2, 0.25) is 5.69 Å². The van der Waals surface area contributed by atoms with Crippen molar-refractivity contribution in [1.82, 2.24) is 0 Å². The van der Waals surface area contributed by atoms with Crippen molar-refractivity contribution in [3.8, 4) is 33.5 Å². The van der Waals surface area contributed by atoms with E-state index in [4.69, 9.17) is 0 Å². The molecule has 0 amide bonds. The lowest BCUT2D eigenvalue weighted by molar-refractivity contribution is -0.660. The molecule has 0 bridgehead atoms. The van der Waals surface area contributed by atoms with Crippen molar-refractivity contribution in [2.45, 2.75) is 27.2 Å². The van der Waals surface area contributed by atoms with Crippen LogP contribution in [0.4, 0.5) is 0 Å². The maximum atomic E-state index is 2.36. The van der Waals surface area contributed by atoms with Gasteiger partial charge in [-0.3, -0.25) is 0 Å². The quantitative estimate of drug-likeness (QED) is 0.316. The van der Waals surface area contributed by atoms with Crippen LogP contribution in [0.1, 0.15) is 27.8 Å². The van der Waals surface area contributed by atoms with Gasteiger partial charge in [-0.1, -0.05) is 60.7 Å². The first-order valence-electron chi connectivity index (χ1n) is 10.3. The van der Waals surface area contributed by atoms with E-state index in [9.17, 15) is 0 Å². The predicted octanol–water partition coefficient (Wildman–Crippen LogP) is 6.34. The first kappa shape index (κ1) is 17.9. The minimum absolute atomic E-state index is 1.02. The van der Waals surface area contributed by atoms with Crippen molar-refractivity contribution in [3.63, 3.8) is 0 Å². The Bertz CT molecular complexity index is 1250. The first-order valence-corrected chi connectivity index (χ1v) is 10.3. The third-order valence-corrected chi connectivity index (χ3v) is 6.30. The number of hydrogen-bond donors (Lipinski definition) is 0. The summed E-state index contributed by atoms with van der Waals surface area (Å²) >= 11 is 0. The zero-order valence-electron chi connectivity index (χ0n) is 17.6. The van der Waals surface area contributed by atoms with Gasteiger partial charge in [-0.15, -0.1) is 0 Å². The highest BCUT2D eigenvalue weighted by atomic mass is 14.9. The van der Waals surface area contributed by atoms with E-state index in [2.05, 4.69) is 105 Å². The van der Waals surface area contributed by atoms with E-state index in [1.54, 1.807) is 0 Å². The number of aryl methyl sites for hydroxylation is 4. The first-order chi connectivity index (χ1) is 14.0. The molecule has 0 aliphatic heterocycles. The van der Waals surface area contributed by atoms with Crippen LogP contribution in [-0.2, 0) is 13.5 Å². The molecule has 3 aromatic carbocycles. The minimum atomic E-state index is 1.02. The summed E-state index contributed by atoms with van der Waals surface area (Å²) in [4.78, 5) is 0. The number of hydrogen-bond acceptors (Lipinski definition) is 0. The van der Waals surface area contributed by atoms with Gasteiger partial charge in [0.05, 0.1) is 5.56 Å². The van der Waals surface area contributed by atoms with E-state index in [1.807, 2.05) is 0 Å². The molecule has 4 aromatic rings. The zero-order valence-corrected chi connectivity index (χ0v) is 17.6. The molecule has 1 heterocycles. The van der Waals surface area contributed by atoms with Crippen molar-refractivity contribution in [3.05, 3.63) is 101 Å². The van der Waals surface area contributed by atoms with Gasteiger partial charge >= 0.3 is 0 Å². The SMILES string of the molecule is Cc1cc(-c2c(C)cc(C)c3c2Cc2ccccc2-3)[n+](C)cc1-c1ccccc1. The smallest absolute Gasteiger partial charge is 0.200 e. The number of fused-ring (bicyclic) bond motifs is 3. The average Bonchev–Trinajstić information content (AvgIpc) is 3.10. The highest BCUT2D eigenvalue weighted by Gasteiger charge is 2.28. The molecule has 142 valence electrons. The largest absolute Gasteiger partial charge is 0.213 e. The molecule has 0 N–H and O–H groups in total. The third-order valence-electron chi connectivity index (χ3n) is 6.30. The van der Waals surface area contributed by atoms with Gasteiger partial charge in [0.25, 0.3) is 0 Å². The fourth-order valence-electron chi connectivity index (χ4n) is 5.01. The molecule has 1 aliphatic rings. The van der Waals surface area contributed by atoms with Crippen LogP contribution in [0, 0.1) is 20.8 Å². The Hall–Kier alpha value is -3.19. The van der Waals surface area contributed by atoms with Crippen LogP contribution >= 0.6 is 0 Å².